The van der Waals surface area contributed by atoms with E-state index >= 15 is 0 Å². The number of hydrogen-bond donors (Lipinski definition) is 1. The second-order valence-corrected chi connectivity index (χ2v) is 7.86. The largest absolute Gasteiger partial charge is 0.358 e. The normalized spacial score (nSPS) is 20.5. The van der Waals surface area contributed by atoms with Gasteiger partial charge in [0, 0.05) is 43.3 Å². The number of carbonyl (C=O) groups is 2. The number of nitrogens with zero attached hydrogens (tertiary/aromatic N) is 2. The summed E-state index contributed by atoms with van der Waals surface area (Å²) in [4.78, 5) is 29.3. The number of carbonyl (C=O) groups excluding carboxylic acids is 2. The Bertz CT molecular complexity index is 623. The summed E-state index contributed by atoms with van der Waals surface area (Å²) in [6.45, 7) is 2.86. The van der Waals surface area contributed by atoms with Crippen LogP contribution in [0.3, 0.4) is 0 Å². The predicted octanol–water partition coefficient (Wildman–Crippen LogP) is 2.51. The Morgan fingerprint density at radius 3 is 2.44 bits per heavy atom. The van der Waals surface area contributed by atoms with Crippen molar-refractivity contribution in [2.75, 3.05) is 33.2 Å². The molecule has 1 aliphatic carbocycles. The summed E-state index contributed by atoms with van der Waals surface area (Å²) in [5.41, 5.74) is 0.710. The topological polar surface area (TPSA) is 52.7 Å². The van der Waals surface area contributed by atoms with Gasteiger partial charge in [0.1, 0.15) is 0 Å². The lowest BCUT2D eigenvalue weighted by atomic mass is 9.95. The van der Waals surface area contributed by atoms with Crippen molar-refractivity contribution >= 4 is 27.7 Å². The standard InChI is InChI=1S/C19H26BrN3O2/c1-21-18(24)17(14-5-2-3-6-14)22-9-11-23(12-10-22)19(25)15-7-4-8-16(20)13-15/h4,7-8,13-14,17H,2-3,5-6,9-12H2,1H3,(H,21,24)/t17-/m0/s1. The summed E-state index contributed by atoms with van der Waals surface area (Å²) in [7, 11) is 1.72. The summed E-state index contributed by atoms with van der Waals surface area (Å²) in [6.07, 6.45) is 4.71. The number of amides is 2. The molecule has 0 aromatic heterocycles. The van der Waals surface area contributed by atoms with Gasteiger partial charge in [-0.15, -0.1) is 0 Å². The molecule has 1 heterocycles. The Labute approximate surface area is 157 Å². The Balaban J connectivity index is 1.63. The van der Waals surface area contributed by atoms with Crippen molar-refractivity contribution in [3.8, 4) is 0 Å². The lowest BCUT2D eigenvalue weighted by Crippen LogP contribution is -2.57. The number of nitrogens with one attached hydrogen (secondary N) is 1. The molecule has 2 amide bonds. The van der Waals surface area contributed by atoms with E-state index < -0.39 is 0 Å². The van der Waals surface area contributed by atoms with Gasteiger partial charge in [0.25, 0.3) is 5.91 Å². The first kappa shape index (κ1) is 18.4. The lowest BCUT2D eigenvalue weighted by Gasteiger charge is -2.40. The molecule has 2 aliphatic rings. The van der Waals surface area contributed by atoms with Gasteiger partial charge in [-0.3, -0.25) is 14.5 Å². The van der Waals surface area contributed by atoms with Crippen LogP contribution >= 0.6 is 15.9 Å². The number of piperazine rings is 1. The monoisotopic (exact) mass is 407 g/mol. The maximum Gasteiger partial charge on any atom is 0.253 e. The number of benzene rings is 1. The first-order valence-electron chi connectivity index (χ1n) is 9.10. The van der Waals surface area contributed by atoms with Crippen LogP contribution in [0, 0.1) is 5.92 Å². The molecule has 1 N–H and O–H groups in total. The average Bonchev–Trinajstić information content (AvgIpc) is 3.16. The fourth-order valence-electron chi connectivity index (χ4n) is 4.11. The smallest absolute Gasteiger partial charge is 0.253 e. The van der Waals surface area contributed by atoms with E-state index in [9.17, 15) is 9.59 Å². The Kier molecular flexibility index (Phi) is 6.12. The van der Waals surface area contributed by atoms with E-state index in [1.165, 1.54) is 12.8 Å². The lowest BCUT2D eigenvalue weighted by molar-refractivity contribution is -0.128. The maximum absolute atomic E-state index is 12.7. The van der Waals surface area contributed by atoms with Crippen LogP contribution in [0.2, 0.25) is 0 Å². The highest BCUT2D eigenvalue weighted by molar-refractivity contribution is 9.10. The fourth-order valence-corrected chi connectivity index (χ4v) is 4.51. The molecule has 3 rings (SSSR count). The van der Waals surface area contributed by atoms with Gasteiger partial charge in [-0.05, 0) is 37.0 Å². The van der Waals surface area contributed by atoms with Gasteiger partial charge in [-0.2, -0.15) is 0 Å². The number of likely N-dealkylation sites (N-methyl/N-ethyl adjacent to an activating group) is 1. The summed E-state index contributed by atoms with van der Waals surface area (Å²) in [5.74, 6) is 0.643. The van der Waals surface area contributed by atoms with Gasteiger partial charge in [0.15, 0.2) is 0 Å². The summed E-state index contributed by atoms with van der Waals surface area (Å²) in [6, 6.07) is 7.47. The molecule has 1 atom stereocenters. The summed E-state index contributed by atoms with van der Waals surface area (Å²) < 4.78 is 0.915. The van der Waals surface area contributed by atoms with Crippen molar-refractivity contribution in [2.45, 2.75) is 31.7 Å². The van der Waals surface area contributed by atoms with Crippen LogP contribution in [0.1, 0.15) is 36.0 Å². The molecule has 6 heteroatoms. The Morgan fingerprint density at radius 1 is 1.16 bits per heavy atom. The average molecular weight is 408 g/mol. The highest BCUT2D eigenvalue weighted by Crippen LogP contribution is 2.31. The van der Waals surface area contributed by atoms with Crippen molar-refractivity contribution < 1.29 is 9.59 Å². The molecular weight excluding hydrogens is 382 g/mol. The second-order valence-electron chi connectivity index (χ2n) is 6.94. The molecule has 1 saturated heterocycles. The van der Waals surface area contributed by atoms with Crippen LogP contribution < -0.4 is 5.32 Å². The van der Waals surface area contributed by atoms with Crippen LogP contribution in [-0.2, 0) is 4.79 Å². The maximum atomic E-state index is 12.7. The van der Waals surface area contributed by atoms with E-state index in [1.807, 2.05) is 29.2 Å². The van der Waals surface area contributed by atoms with Gasteiger partial charge in [-0.25, -0.2) is 0 Å². The molecule has 1 aromatic carbocycles. The van der Waals surface area contributed by atoms with Gasteiger partial charge in [0.2, 0.25) is 5.91 Å². The zero-order valence-corrected chi connectivity index (χ0v) is 16.3. The number of rotatable bonds is 4. The van der Waals surface area contributed by atoms with Crippen LogP contribution in [-0.4, -0.2) is 60.9 Å². The van der Waals surface area contributed by atoms with Crippen molar-refractivity contribution in [3.63, 3.8) is 0 Å². The first-order chi connectivity index (χ1) is 12.1. The SMILES string of the molecule is CNC(=O)[C@H](C1CCCC1)N1CCN(C(=O)c2cccc(Br)c2)CC1. The van der Waals surface area contributed by atoms with Crippen molar-refractivity contribution in [1.82, 2.24) is 15.1 Å². The third kappa shape index (κ3) is 4.23. The third-order valence-corrected chi connectivity index (χ3v) is 5.92. The van der Waals surface area contributed by atoms with Gasteiger partial charge < -0.3 is 10.2 Å². The molecular formula is C19H26BrN3O2. The molecule has 0 spiro atoms. The van der Waals surface area contributed by atoms with Crippen molar-refractivity contribution in [2.24, 2.45) is 5.92 Å². The van der Waals surface area contributed by atoms with Gasteiger partial charge in [-0.1, -0.05) is 34.8 Å². The minimum atomic E-state index is -0.0457. The minimum absolute atomic E-state index is 0.0457. The molecule has 0 radical (unpaired) electrons. The molecule has 2 fully saturated rings. The Hall–Kier alpha value is -1.40. The molecule has 1 aliphatic heterocycles. The van der Waals surface area contributed by atoms with E-state index in [2.05, 4.69) is 26.1 Å². The van der Waals surface area contributed by atoms with E-state index in [0.717, 1.165) is 30.4 Å². The summed E-state index contributed by atoms with van der Waals surface area (Å²) in [5, 5.41) is 2.84. The molecule has 1 saturated carbocycles. The third-order valence-electron chi connectivity index (χ3n) is 5.43. The molecule has 5 nitrogen and oxygen atoms in total. The highest BCUT2D eigenvalue weighted by atomic mass is 79.9. The van der Waals surface area contributed by atoms with Crippen molar-refractivity contribution in [1.29, 1.82) is 0 Å². The molecule has 0 bridgehead atoms. The molecule has 0 unspecified atom stereocenters. The van der Waals surface area contributed by atoms with Crippen LogP contribution in [0.4, 0.5) is 0 Å². The highest BCUT2D eigenvalue weighted by Gasteiger charge is 2.36. The van der Waals surface area contributed by atoms with E-state index in [4.69, 9.17) is 0 Å². The van der Waals surface area contributed by atoms with Crippen molar-refractivity contribution in [3.05, 3.63) is 34.3 Å². The van der Waals surface area contributed by atoms with Gasteiger partial charge in [0.05, 0.1) is 6.04 Å². The summed E-state index contributed by atoms with van der Waals surface area (Å²) >= 11 is 3.42. The zero-order valence-electron chi connectivity index (χ0n) is 14.7. The first-order valence-corrected chi connectivity index (χ1v) is 9.90. The second kappa shape index (κ2) is 8.32. The van der Waals surface area contributed by atoms with E-state index in [0.29, 0.717) is 24.6 Å². The minimum Gasteiger partial charge on any atom is -0.358 e. The van der Waals surface area contributed by atoms with Crippen LogP contribution in [0.5, 0.6) is 0 Å². The number of halogens is 1. The Morgan fingerprint density at radius 2 is 1.84 bits per heavy atom. The predicted molar refractivity (Wildman–Crippen MR) is 101 cm³/mol. The quantitative estimate of drug-likeness (QED) is 0.833. The van der Waals surface area contributed by atoms with Crippen LogP contribution in [0.15, 0.2) is 28.7 Å². The molecule has 136 valence electrons. The molecule has 1 aromatic rings. The van der Waals surface area contributed by atoms with E-state index in [-0.39, 0.29) is 17.9 Å². The number of hydrogen-bond acceptors (Lipinski definition) is 3. The molecule has 25 heavy (non-hydrogen) atoms. The zero-order chi connectivity index (χ0) is 17.8. The van der Waals surface area contributed by atoms with Crippen LogP contribution in [0.25, 0.3) is 0 Å². The van der Waals surface area contributed by atoms with Gasteiger partial charge >= 0.3 is 0 Å². The van der Waals surface area contributed by atoms with E-state index in [1.54, 1.807) is 7.05 Å². The fraction of sp³-hybridized carbons (Fsp3) is 0.579.